The average Bonchev–Trinajstić information content (AvgIpc) is 2.56. The van der Waals surface area contributed by atoms with Crippen LogP contribution in [0, 0.1) is 10.1 Å². The van der Waals surface area contributed by atoms with Gasteiger partial charge in [0.05, 0.1) is 11.3 Å². The number of carbonyl (C=O) groups excluding carboxylic acids is 2. The number of amides is 2. The molecule has 25 heavy (non-hydrogen) atoms. The van der Waals surface area contributed by atoms with Gasteiger partial charge in [-0.25, -0.2) is 0 Å². The number of benzene rings is 1. The molecular weight excluding hydrogens is 348 g/mol. The molecule has 2 aliphatic heterocycles. The van der Waals surface area contributed by atoms with Gasteiger partial charge in [0.15, 0.2) is 0 Å². The van der Waals surface area contributed by atoms with Gasteiger partial charge in [0, 0.05) is 18.0 Å². The number of nitro benzene ring substituents is 1. The molecule has 0 bridgehead atoms. The Labute approximate surface area is 147 Å². The average molecular weight is 361 g/mol. The van der Waals surface area contributed by atoms with E-state index in [2.05, 4.69) is 10.3 Å². The molecule has 1 N–H and O–H groups in total. The minimum Gasteiger partial charge on any atom is -0.324 e. The van der Waals surface area contributed by atoms with Crippen LogP contribution in [0.2, 0.25) is 5.02 Å². The Hall–Kier alpha value is -3.00. The third kappa shape index (κ3) is 3.03. The highest BCUT2D eigenvalue weighted by atomic mass is 35.5. The first kappa shape index (κ1) is 16.8. The number of nitro groups is 1. The van der Waals surface area contributed by atoms with Crippen molar-refractivity contribution in [3.05, 3.63) is 57.8 Å². The maximum absolute atomic E-state index is 12.8. The number of aliphatic imine (C=N–C) groups is 1. The summed E-state index contributed by atoms with van der Waals surface area (Å²) in [6.07, 6.45) is 6.63. The number of halogens is 1. The SMILES string of the molecule is CC1(C(=O)Nc2ccc(Cl)c([N+](=O)[O-])c2)CC(=O)N=C2C=CC=CN21. The lowest BCUT2D eigenvalue weighted by Gasteiger charge is -2.41. The minimum absolute atomic E-state index is 0.0272. The Morgan fingerprint density at radius 1 is 1.44 bits per heavy atom. The number of rotatable bonds is 3. The smallest absolute Gasteiger partial charge is 0.289 e. The fourth-order valence-electron chi connectivity index (χ4n) is 2.68. The lowest BCUT2D eigenvalue weighted by atomic mass is 9.91. The summed E-state index contributed by atoms with van der Waals surface area (Å²) in [6.45, 7) is 1.61. The second kappa shape index (κ2) is 6.14. The number of allylic oxidation sites excluding steroid dienone is 2. The van der Waals surface area contributed by atoms with E-state index in [1.54, 1.807) is 36.3 Å². The number of carbonyl (C=O) groups is 2. The summed E-state index contributed by atoms with van der Waals surface area (Å²) in [5.41, 5.74) is -1.30. The van der Waals surface area contributed by atoms with E-state index in [-0.39, 0.29) is 22.8 Å². The van der Waals surface area contributed by atoms with Crippen LogP contribution in [0.1, 0.15) is 13.3 Å². The van der Waals surface area contributed by atoms with E-state index >= 15 is 0 Å². The summed E-state index contributed by atoms with van der Waals surface area (Å²) in [6, 6.07) is 3.97. The molecule has 1 atom stereocenters. The zero-order chi connectivity index (χ0) is 18.2. The molecule has 0 saturated heterocycles. The molecule has 0 aromatic heterocycles. The molecule has 2 aliphatic rings. The fraction of sp³-hybridized carbons (Fsp3) is 0.188. The molecule has 3 rings (SSSR count). The van der Waals surface area contributed by atoms with Gasteiger partial charge in [-0.05, 0) is 31.2 Å². The molecule has 8 nitrogen and oxygen atoms in total. The highest BCUT2D eigenvalue weighted by Crippen LogP contribution is 2.31. The Bertz CT molecular complexity index is 877. The Morgan fingerprint density at radius 3 is 2.92 bits per heavy atom. The van der Waals surface area contributed by atoms with Crippen LogP contribution in [-0.4, -0.2) is 33.0 Å². The number of nitrogens with one attached hydrogen (secondary N) is 1. The number of nitrogens with zero attached hydrogens (tertiary/aromatic N) is 3. The molecule has 1 unspecified atom stereocenters. The summed E-state index contributed by atoms with van der Waals surface area (Å²) in [4.78, 5) is 40.6. The van der Waals surface area contributed by atoms with Crippen molar-refractivity contribution >= 4 is 40.6 Å². The van der Waals surface area contributed by atoms with Gasteiger partial charge in [0.1, 0.15) is 16.4 Å². The van der Waals surface area contributed by atoms with Gasteiger partial charge < -0.3 is 10.2 Å². The van der Waals surface area contributed by atoms with Crippen LogP contribution in [0.25, 0.3) is 0 Å². The van der Waals surface area contributed by atoms with Gasteiger partial charge >= 0.3 is 0 Å². The van der Waals surface area contributed by atoms with Crippen molar-refractivity contribution in [3.63, 3.8) is 0 Å². The van der Waals surface area contributed by atoms with Crippen LogP contribution >= 0.6 is 11.6 Å². The third-order valence-electron chi connectivity index (χ3n) is 3.99. The summed E-state index contributed by atoms with van der Waals surface area (Å²) in [7, 11) is 0. The van der Waals surface area contributed by atoms with Crippen LogP contribution in [0.5, 0.6) is 0 Å². The maximum Gasteiger partial charge on any atom is 0.289 e. The molecule has 0 spiro atoms. The zero-order valence-corrected chi connectivity index (χ0v) is 13.9. The first-order valence-corrected chi connectivity index (χ1v) is 7.70. The van der Waals surface area contributed by atoms with Gasteiger partial charge in [-0.15, -0.1) is 0 Å². The normalized spacial score (nSPS) is 21.6. The van der Waals surface area contributed by atoms with Gasteiger partial charge in [0.2, 0.25) is 0 Å². The van der Waals surface area contributed by atoms with Gasteiger partial charge in [-0.3, -0.25) is 19.7 Å². The topological polar surface area (TPSA) is 105 Å². The lowest BCUT2D eigenvalue weighted by molar-refractivity contribution is -0.384. The van der Waals surface area contributed by atoms with Crippen LogP contribution in [-0.2, 0) is 9.59 Å². The number of hydrogen-bond acceptors (Lipinski definition) is 5. The standard InChI is InChI=1S/C16H13ClN4O4/c1-16(9-14(22)19-13-4-2-3-7-20(13)16)15(23)18-10-5-6-11(17)12(8-10)21(24)25/h2-8H,9H2,1H3,(H,18,23). The summed E-state index contributed by atoms with van der Waals surface area (Å²) in [5, 5.41) is 13.6. The van der Waals surface area contributed by atoms with E-state index in [1.807, 2.05) is 0 Å². The molecule has 0 radical (unpaired) electrons. The highest BCUT2D eigenvalue weighted by Gasteiger charge is 2.45. The van der Waals surface area contributed by atoms with Crippen LogP contribution in [0.15, 0.2) is 47.6 Å². The molecule has 2 amide bonds. The van der Waals surface area contributed by atoms with Crippen molar-refractivity contribution < 1.29 is 14.5 Å². The number of hydrogen-bond donors (Lipinski definition) is 1. The van der Waals surface area contributed by atoms with Crippen LogP contribution < -0.4 is 5.32 Å². The number of amidine groups is 1. The molecule has 128 valence electrons. The van der Waals surface area contributed by atoms with E-state index < -0.39 is 22.3 Å². The molecular formula is C16H13ClN4O4. The van der Waals surface area contributed by atoms with Crippen molar-refractivity contribution in [3.8, 4) is 0 Å². The minimum atomic E-state index is -1.20. The predicted octanol–water partition coefficient (Wildman–Crippen LogP) is 2.66. The Morgan fingerprint density at radius 2 is 2.20 bits per heavy atom. The van der Waals surface area contributed by atoms with Crippen molar-refractivity contribution in [2.45, 2.75) is 18.9 Å². The van der Waals surface area contributed by atoms with Crippen LogP contribution in [0.3, 0.4) is 0 Å². The van der Waals surface area contributed by atoms with Crippen molar-refractivity contribution in [2.75, 3.05) is 5.32 Å². The largest absolute Gasteiger partial charge is 0.324 e. The van der Waals surface area contributed by atoms with E-state index in [9.17, 15) is 19.7 Å². The molecule has 1 aromatic rings. The second-order valence-electron chi connectivity index (χ2n) is 5.76. The monoisotopic (exact) mass is 360 g/mol. The summed E-state index contributed by atoms with van der Waals surface area (Å²) in [5.74, 6) is -0.519. The third-order valence-corrected chi connectivity index (χ3v) is 4.31. The van der Waals surface area contributed by atoms with Crippen molar-refractivity contribution in [1.29, 1.82) is 0 Å². The second-order valence-corrected chi connectivity index (χ2v) is 6.17. The van der Waals surface area contributed by atoms with E-state index in [0.717, 1.165) is 0 Å². The van der Waals surface area contributed by atoms with Gasteiger partial charge in [-0.2, -0.15) is 4.99 Å². The van der Waals surface area contributed by atoms with Gasteiger partial charge in [0.25, 0.3) is 17.5 Å². The molecule has 0 aliphatic carbocycles. The zero-order valence-electron chi connectivity index (χ0n) is 13.1. The van der Waals surface area contributed by atoms with Crippen molar-refractivity contribution in [1.82, 2.24) is 4.90 Å². The lowest BCUT2D eigenvalue weighted by Crippen LogP contribution is -2.58. The molecule has 2 heterocycles. The predicted molar refractivity (Wildman–Crippen MR) is 92.3 cm³/mol. The highest BCUT2D eigenvalue weighted by molar-refractivity contribution is 6.32. The molecule has 1 aromatic carbocycles. The van der Waals surface area contributed by atoms with Crippen molar-refractivity contribution in [2.24, 2.45) is 4.99 Å². The number of fused-ring (bicyclic) bond motifs is 1. The van der Waals surface area contributed by atoms with E-state index in [4.69, 9.17) is 11.6 Å². The first-order chi connectivity index (χ1) is 11.8. The van der Waals surface area contributed by atoms with Crippen LogP contribution in [0.4, 0.5) is 11.4 Å². The summed E-state index contributed by atoms with van der Waals surface area (Å²) >= 11 is 5.77. The van der Waals surface area contributed by atoms with Gasteiger partial charge in [-0.1, -0.05) is 17.7 Å². The van der Waals surface area contributed by atoms with E-state index in [1.165, 1.54) is 18.2 Å². The quantitative estimate of drug-likeness (QED) is 0.659. The first-order valence-electron chi connectivity index (χ1n) is 7.32. The molecule has 0 fully saturated rings. The maximum atomic E-state index is 12.8. The molecule has 0 saturated carbocycles. The Kier molecular flexibility index (Phi) is 4.13. The molecule has 9 heteroatoms. The van der Waals surface area contributed by atoms with E-state index in [0.29, 0.717) is 5.84 Å². The summed E-state index contributed by atoms with van der Waals surface area (Å²) < 4.78 is 0. The number of anilines is 1. The fourth-order valence-corrected chi connectivity index (χ4v) is 2.86. The Balaban J connectivity index is 1.90.